The van der Waals surface area contributed by atoms with Crippen LogP contribution in [0.2, 0.25) is 0 Å². The SMILES string of the molecule is NC1CC(Nc2ccc3[nH]c(=O)[nH]c3c2)C1. The van der Waals surface area contributed by atoms with Crippen molar-refractivity contribution in [2.45, 2.75) is 24.9 Å². The van der Waals surface area contributed by atoms with E-state index in [1.165, 1.54) is 0 Å². The van der Waals surface area contributed by atoms with Gasteiger partial charge in [-0.15, -0.1) is 0 Å². The summed E-state index contributed by atoms with van der Waals surface area (Å²) in [5.74, 6) is 0. The zero-order valence-electron chi connectivity index (χ0n) is 8.79. The van der Waals surface area contributed by atoms with Crippen LogP contribution >= 0.6 is 0 Å². The third kappa shape index (κ3) is 1.59. The smallest absolute Gasteiger partial charge is 0.323 e. The summed E-state index contributed by atoms with van der Waals surface area (Å²) >= 11 is 0. The van der Waals surface area contributed by atoms with E-state index >= 15 is 0 Å². The summed E-state index contributed by atoms with van der Waals surface area (Å²) in [7, 11) is 0. The molecule has 2 aromatic rings. The van der Waals surface area contributed by atoms with E-state index in [2.05, 4.69) is 15.3 Å². The summed E-state index contributed by atoms with van der Waals surface area (Å²) in [5.41, 5.74) is 8.25. The lowest BCUT2D eigenvalue weighted by molar-refractivity contribution is 0.374. The number of aromatic amines is 2. The summed E-state index contributed by atoms with van der Waals surface area (Å²) in [6, 6.07) is 6.62. The Balaban J connectivity index is 1.84. The van der Waals surface area contributed by atoms with E-state index in [1.54, 1.807) is 0 Å². The molecule has 5 N–H and O–H groups in total. The molecule has 0 radical (unpaired) electrons. The summed E-state index contributed by atoms with van der Waals surface area (Å²) < 4.78 is 0. The molecule has 1 heterocycles. The molecule has 0 atom stereocenters. The van der Waals surface area contributed by atoms with Crippen molar-refractivity contribution in [3.05, 3.63) is 28.7 Å². The van der Waals surface area contributed by atoms with Crippen molar-refractivity contribution in [1.29, 1.82) is 0 Å². The summed E-state index contributed by atoms with van der Waals surface area (Å²) in [5, 5.41) is 3.39. The second-order valence-corrected chi connectivity index (χ2v) is 4.41. The normalized spacial score (nSPS) is 24.3. The number of H-pyrrole nitrogens is 2. The summed E-state index contributed by atoms with van der Waals surface area (Å²) in [6.45, 7) is 0. The maximum absolute atomic E-state index is 11.1. The van der Waals surface area contributed by atoms with Gasteiger partial charge in [-0.3, -0.25) is 0 Å². The van der Waals surface area contributed by atoms with Crippen molar-refractivity contribution in [2.24, 2.45) is 5.73 Å². The van der Waals surface area contributed by atoms with Crippen molar-refractivity contribution in [3.63, 3.8) is 0 Å². The van der Waals surface area contributed by atoms with Crippen LogP contribution in [0.15, 0.2) is 23.0 Å². The minimum Gasteiger partial charge on any atom is -0.382 e. The Morgan fingerprint density at radius 2 is 2.00 bits per heavy atom. The van der Waals surface area contributed by atoms with E-state index in [-0.39, 0.29) is 5.69 Å². The zero-order chi connectivity index (χ0) is 11.1. The monoisotopic (exact) mass is 218 g/mol. The molecule has 0 spiro atoms. The van der Waals surface area contributed by atoms with Gasteiger partial charge < -0.3 is 21.0 Å². The maximum atomic E-state index is 11.1. The average molecular weight is 218 g/mol. The number of aromatic nitrogens is 2. The van der Waals surface area contributed by atoms with Crippen molar-refractivity contribution in [3.8, 4) is 0 Å². The molecule has 16 heavy (non-hydrogen) atoms. The van der Waals surface area contributed by atoms with Gasteiger partial charge in [0, 0.05) is 17.8 Å². The molecule has 5 nitrogen and oxygen atoms in total. The molecule has 0 aliphatic heterocycles. The van der Waals surface area contributed by atoms with Gasteiger partial charge >= 0.3 is 5.69 Å². The first-order chi connectivity index (χ1) is 7.70. The van der Waals surface area contributed by atoms with Crippen LogP contribution < -0.4 is 16.7 Å². The summed E-state index contributed by atoms with van der Waals surface area (Å²) in [4.78, 5) is 16.5. The molecule has 3 rings (SSSR count). The standard InChI is InChI=1S/C11H14N4O/c12-6-3-8(4-6)13-7-1-2-9-10(5-7)15-11(16)14-9/h1-2,5-6,8,13H,3-4,12H2,(H2,14,15,16). The van der Waals surface area contributed by atoms with Gasteiger partial charge in [0.15, 0.2) is 0 Å². The van der Waals surface area contributed by atoms with Gasteiger partial charge in [0.05, 0.1) is 11.0 Å². The lowest BCUT2D eigenvalue weighted by atomic mass is 9.87. The first-order valence-electron chi connectivity index (χ1n) is 5.45. The number of imidazole rings is 1. The van der Waals surface area contributed by atoms with Crippen LogP contribution in [0.3, 0.4) is 0 Å². The molecule has 1 aliphatic rings. The number of benzene rings is 1. The summed E-state index contributed by atoms with van der Waals surface area (Å²) in [6.07, 6.45) is 2.03. The Hall–Kier alpha value is -1.75. The number of hydrogen-bond acceptors (Lipinski definition) is 3. The molecule has 84 valence electrons. The maximum Gasteiger partial charge on any atom is 0.323 e. The van der Waals surface area contributed by atoms with E-state index in [0.29, 0.717) is 12.1 Å². The molecule has 1 aromatic carbocycles. The predicted molar refractivity (Wildman–Crippen MR) is 63.5 cm³/mol. The van der Waals surface area contributed by atoms with Crippen molar-refractivity contribution in [2.75, 3.05) is 5.32 Å². The van der Waals surface area contributed by atoms with Crippen molar-refractivity contribution >= 4 is 16.7 Å². The van der Waals surface area contributed by atoms with E-state index in [9.17, 15) is 4.79 Å². The highest BCUT2D eigenvalue weighted by Crippen LogP contribution is 2.23. The van der Waals surface area contributed by atoms with Gasteiger partial charge in [0.1, 0.15) is 0 Å². The fourth-order valence-electron chi connectivity index (χ4n) is 2.14. The zero-order valence-corrected chi connectivity index (χ0v) is 8.79. The Morgan fingerprint density at radius 1 is 1.25 bits per heavy atom. The number of rotatable bonds is 2. The average Bonchev–Trinajstić information content (AvgIpc) is 2.55. The predicted octanol–water partition coefficient (Wildman–Crippen LogP) is 0.758. The Labute approximate surface area is 92.0 Å². The first kappa shape index (κ1) is 9.47. The third-order valence-electron chi connectivity index (χ3n) is 3.06. The number of hydrogen-bond donors (Lipinski definition) is 4. The number of nitrogens with one attached hydrogen (secondary N) is 3. The fraction of sp³-hybridized carbons (Fsp3) is 0.364. The highest BCUT2D eigenvalue weighted by molar-refractivity contribution is 5.78. The highest BCUT2D eigenvalue weighted by Gasteiger charge is 2.25. The van der Waals surface area contributed by atoms with Gasteiger partial charge in [0.25, 0.3) is 0 Å². The second-order valence-electron chi connectivity index (χ2n) is 4.41. The lowest BCUT2D eigenvalue weighted by Crippen LogP contribution is -2.44. The Kier molecular flexibility index (Phi) is 2.00. The highest BCUT2D eigenvalue weighted by atomic mass is 16.1. The van der Waals surface area contributed by atoms with E-state index in [1.807, 2.05) is 18.2 Å². The van der Waals surface area contributed by atoms with E-state index in [4.69, 9.17) is 5.73 Å². The molecule has 0 unspecified atom stereocenters. The minimum atomic E-state index is -0.169. The molecular formula is C11H14N4O. The van der Waals surface area contributed by atoms with Gasteiger partial charge in [-0.05, 0) is 31.0 Å². The van der Waals surface area contributed by atoms with Gasteiger partial charge in [-0.2, -0.15) is 0 Å². The van der Waals surface area contributed by atoms with Crippen LogP contribution in [0.1, 0.15) is 12.8 Å². The molecule has 1 aliphatic carbocycles. The molecule has 1 aromatic heterocycles. The van der Waals surface area contributed by atoms with Crippen LogP contribution in [0, 0.1) is 0 Å². The third-order valence-corrected chi connectivity index (χ3v) is 3.06. The number of nitrogens with two attached hydrogens (primary N) is 1. The molecular weight excluding hydrogens is 204 g/mol. The van der Waals surface area contributed by atoms with Gasteiger partial charge in [-0.25, -0.2) is 4.79 Å². The quantitative estimate of drug-likeness (QED) is 0.600. The van der Waals surface area contributed by atoms with Crippen molar-refractivity contribution in [1.82, 2.24) is 9.97 Å². The van der Waals surface area contributed by atoms with Crippen LogP contribution in [0.5, 0.6) is 0 Å². The van der Waals surface area contributed by atoms with E-state index < -0.39 is 0 Å². The largest absolute Gasteiger partial charge is 0.382 e. The van der Waals surface area contributed by atoms with Crippen LogP contribution in [-0.2, 0) is 0 Å². The van der Waals surface area contributed by atoms with Crippen LogP contribution in [0.25, 0.3) is 11.0 Å². The van der Waals surface area contributed by atoms with Gasteiger partial charge in [0.2, 0.25) is 0 Å². The molecule has 0 amide bonds. The Morgan fingerprint density at radius 3 is 2.75 bits per heavy atom. The van der Waals surface area contributed by atoms with E-state index in [0.717, 1.165) is 29.6 Å². The number of fused-ring (bicyclic) bond motifs is 1. The molecule has 0 saturated heterocycles. The molecule has 0 bridgehead atoms. The second kappa shape index (κ2) is 3.38. The molecule has 1 fully saturated rings. The first-order valence-corrected chi connectivity index (χ1v) is 5.45. The van der Waals surface area contributed by atoms with Crippen LogP contribution in [-0.4, -0.2) is 22.1 Å². The fourth-order valence-corrected chi connectivity index (χ4v) is 2.14. The topological polar surface area (TPSA) is 86.7 Å². The molecule has 1 saturated carbocycles. The minimum absolute atomic E-state index is 0.169. The molecule has 5 heteroatoms. The van der Waals surface area contributed by atoms with Gasteiger partial charge in [-0.1, -0.05) is 0 Å². The van der Waals surface area contributed by atoms with Crippen molar-refractivity contribution < 1.29 is 0 Å². The lowest BCUT2D eigenvalue weighted by Gasteiger charge is -2.33. The Bertz CT molecular complexity index is 565. The number of anilines is 1. The van der Waals surface area contributed by atoms with Crippen LogP contribution in [0.4, 0.5) is 5.69 Å².